The first kappa shape index (κ1) is 21.6. The third-order valence-electron chi connectivity index (χ3n) is 7.09. The Balaban J connectivity index is 0.00000218. The van der Waals surface area contributed by atoms with Gasteiger partial charge in [0.15, 0.2) is 5.96 Å². The van der Waals surface area contributed by atoms with Crippen molar-refractivity contribution in [3.63, 3.8) is 0 Å². The van der Waals surface area contributed by atoms with Gasteiger partial charge in [0.2, 0.25) is 0 Å². The van der Waals surface area contributed by atoms with Gasteiger partial charge in [-0.15, -0.1) is 24.0 Å². The van der Waals surface area contributed by atoms with Crippen LogP contribution >= 0.6 is 24.0 Å². The molecule has 2 heterocycles. The number of aromatic nitrogens is 2. The molecule has 1 aromatic heterocycles. The average Bonchev–Trinajstić information content (AvgIpc) is 3.33. The molecule has 1 aromatic carbocycles. The second kappa shape index (κ2) is 8.86. The molecule has 1 saturated heterocycles. The van der Waals surface area contributed by atoms with Gasteiger partial charge in [-0.05, 0) is 31.7 Å². The second-order valence-electron chi connectivity index (χ2n) is 8.72. The van der Waals surface area contributed by atoms with Crippen LogP contribution in [-0.4, -0.2) is 53.2 Å². The molecule has 2 N–H and O–H groups in total. The first-order valence-corrected chi connectivity index (χ1v) is 10.9. The fourth-order valence-electron chi connectivity index (χ4n) is 5.53. The van der Waals surface area contributed by atoms with E-state index in [1.54, 1.807) is 0 Å². The number of rotatable bonds is 5. The average molecular weight is 521 g/mol. The van der Waals surface area contributed by atoms with Gasteiger partial charge in [0, 0.05) is 37.6 Å². The number of aromatic amines is 1. The number of nitrogens with zero attached hydrogens (tertiary/aromatic N) is 3. The Morgan fingerprint density at radius 1 is 1.33 bits per heavy atom. The Morgan fingerprint density at radius 3 is 2.83 bits per heavy atom. The molecule has 3 unspecified atom stereocenters. The zero-order valence-corrected chi connectivity index (χ0v) is 20.1. The van der Waals surface area contributed by atoms with Gasteiger partial charge in [-0.3, -0.25) is 4.99 Å². The quantitative estimate of drug-likeness (QED) is 0.354. The monoisotopic (exact) mass is 521 g/mol. The number of aliphatic imine (C=N–C) groups is 1. The van der Waals surface area contributed by atoms with Crippen molar-refractivity contribution in [2.45, 2.75) is 51.3 Å². The number of benzene rings is 1. The summed E-state index contributed by atoms with van der Waals surface area (Å²) >= 11 is 0. The van der Waals surface area contributed by atoms with Crippen molar-refractivity contribution in [3.8, 4) is 11.3 Å². The Bertz CT molecular complexity index is 879. The summed E-state index contributed by atoms with van der Waals surface area (Å²) in [5, 5.41) is 3.83. The molecule has 1 aliphatic heterocycles. The van der Waals surface area contributed by atoms with E-state index in [9.17, 15) is 0 Å². The first-order valence-electron chi connectivity index (χ1n) is 10.9. The molecule has 3 fully saturated rings. The van der Waals surface area contributed by atoms with Gasteiger partial charge in [0.05, 0.1) is 24.5 Å². The Labute approximate surface area is 195 Å². The minimum absolute atomic E-state index is 0. The third-order valence-corrected chi connectivity index (χ3v) is 7.09. The van der Waals surface area contributed by atoms with Crippen molar-refractivity contribution < 1.29 is 4.74 Å². The standard InChI is InChI=1S/C23H31N5O.HI/c1-3-24-22(27-20-17-10-13-29-21(17)23(20)11-7-12-23)28(2)15-19-25-14-18(26-19)16-8-5-4-6-9-16;/h4-6,8-9,14,17,20-21H,3,7,10-13,15H2,1-2H3,(H,24,27)(H,25,26);1H. The van der Waals surface area contributed by atoms with Gasteiger partial charge >= 0.3 is 0 Å². The second-order valence-corrected chi connectivity index (χ2v) is 8.72. The molecule has 1 spiro atoms. The van der Waals surface area contributed by atoms with E-state index in [4.69, 9.17) is 9.73 Å². The molecule has 5 rings (SSSR count). The van der Waals surface area contributed by atoms with E-state index in [1.165, 1.54) is 25.7 Å². The van der Waals surface area contributed by atoms with Crippen LogP contribution in [0.15, 0.2) is 41.5 Å². The molecule has 2 aliphatic carbocycles. The molecular formula is C23H32IN5O. The van der Waals surface area contributed by atoms with Crippen molar-refractivity contribution in [1.29, 1.82) is 0 Å². The van der Waals surface area contributed by atoms with Gasteiger partial charge < -0.3 is 19.9 Å². The van der Waals surface area contributed by atoms with Gasteiger partial charge in [-0.2, -0.15) is 0 Å². The molecule has 2 aromatic rings. The van der Waals surface area contributed by atoms with Crippen molar-refractivity contribution in [2.75, 3.05) is 20.2 Å². The molecule has 6 nitrogen and oxygen atoms in total. The predicted octanol–water partition coefficient (Wildman–Crippen LogP) is 4.05. The minimum atomic E-state index is 0. The molecule has 7 heteroatoms. The van der Waals surface area contributed by atoms with E-state index in [0.717, 1.165) is 36.2 Å². The number of imidazole rings is 1. The summed E-state index contributed by atoms with van der Waals surface area (Å²) in [5.41, 5.74) is 2.55. The summed E-state index contributed by atoms with van der Waals surface area (Å²) in [4.78, 5) is 15.0. The maximum atomic E-state index is 6.07. The van der Waals surface area contributed by atoms with Gasteiger partial charge in [-0.25, -0.2) is 4.98 Å². The Kier molecular flexibility index (Phi) is 6.39. The summed E-state index contributed by atoms with van der Waals surface area (Å²) in [7, 11) is 2.10. The molecule has 0 amide bonds. The molecule has 162 valence electrons. The van der Waals surface area contributed by atoms with Crippen LogP contribution in [0.5, 0.6) is 0 Å². The number of nitrogens with one attached hydrogen (secondary N) is 2. The lowest BCUT2D eigenvalue weighted by molar-refractivity contribution is -0.171. The molecule has 0 bridgehead atoms. The zero-order chi connectivity index (χ0) is 19.8. The number of fused-ring (bicyclic) bond motifs is 2. The van der Waals surface area contributed by atoms with Gasteiger partial charge in [-0.1, -0.05) is 36.8 Å². The first-order chi connectivity index (χ1) is 14.2. The number of halogens is 1. The van der Waals surface area contributed by atoms with Crippen LogP contribution in [0.2, 0.25) is 0 Å². The van der Waals surface area contributed by atoms with Crippen LogP contribution in [0.1, 0.15) is 38.4 Å². The summed E-state index contributed by atoms with van der Waals surface area (Å²) in [5.74, 6) is 2.57. The largest absolute Gasteiger partial charge is 0.377 e. The van der Waals surface area contributed by atoms with Crippen LogP contribution in [0.25, 0.3) is 11.3 Å². The maximum Gasteiger partial charge on any atom is 0.194 e. The van der Waals surface area contributed by atoms with Crippen molar-refractivity contribution in [1.82, 2.24) is 20.2 Å². The highest BCUT2D eigenvalue weighted by molar-refractivity contribution is 14.0. The van der Waals surface area contributed by atoms with Crippen molar-refractivity contribution >= 4 is 29.9 Å². The SMILES string of the molecule is CCN=C(NC1C2CCOC2C12CCC2)N(C)Cc1ncc(-c2ccccc2)[nH]1.I. The number of H-pyrrole nitrogens is 1. The molecular weight excluding hydrogens is 489 g/mol. The molecule has 0 radical (unpaired) electrons. The number of guanidine groups is 1. The molecule has 3 atom stereocenters. The van der Waals surface area contributed by atoms with E-state index >= 15 is 0 Å². The predicted molar refractivity (Wildman–Crippen MR) is 130 cm³/mol. The van der Waals surface area contributed by atoms with Crippen LogP contribution in [0.3, 0.4) is 0 Å². The lowest BCUT2D eigenvalue weighted by atomic mass is 9.46. The van der Waals surface area contributed by atoms with Crippen LogP contribution in [0, 0.1) is 11.3 Å². The zero-order valence-electron chi connectivity index (χ0n) is 17.8. The van der Waals surface area contributed by atoms with E-state index in [-0.39, 0.29) is 24.0 Å². The van der Waals surface area contributed by atoms with Crippen molar-refractivity contribution in [3.05, 3.63) is 42.4 Å². The highest BCUT2D eigenvalue weighted by atomic mass is 127. The smallest absolute Gasteiger partial charge is 0.194 e. The highest BCUT2D eigenvalue weighted by Crippen LogP contribution is 2.62. The Hall–Kier alpha value is -1.61. The van der Waals surface area contributed by atoms with Crippen LogP contribution < -0.4 is 5.32 Å². The third kappa shape index (κ3) is 3.64. The number of hydrogen-bond acceptors (Lipinski definition) is 3. The van der Waals surface area contributed by atoms with Crippen LogP contribution in [0.4, 0.5) is 0 Å². The fourth-order valence-corrected chi connectivity index (χ4v) is 5.53. The lowest BCUT2D eigenvalue weighted by Crippen LogP contribution is -2.72. The summed E-state index contributed by atoms with van der Waals surface area (Å²) < 4.78 is 6.07. The summed E-state index contributed by atoms with van der Waals surface area (Å²) in [6, 6.07) is 10.8. The normalized spacial score (nSPS) is 26.3. The summed E-state index contributed by atoms with van der Waals surface area (Å²) in [6.07, 6.45) is 7.46. The van der Waals surface area contributed by atoms with Crippen molar-refractivity contribution in [2.24, 2.45) is 16.3 Å². The van der Waals surface area contributed by atoms with Gasteiger partial charge in [0.25, 0.3) is 0 Å². The molecule has 3 aliphatic rings. The van der Waals surface area contributed by atoms with Gasteiger partial charge in [0.1, 0.15) is 5.82 Å². The fraction of sp³-hybridized carbons (Fsp3) is 0.565. The maximum absolute atomic E-state index is 6.07. The van der Waals surface area contributed by atoms with E-state index in [0.29, 0.717) is 30.0 Å². The lowest BCUT2D eigenvalue weighted by Gasteiger charge is -2.63. The number of hydrogen-bond donors (Lipinski definition) is 2. The minimum Gasteiger partial charge on any atom is -0.377 e. The van der Waals surface area contributed by atoms with E-state index in [1.807, 2.05) is 24.4 Å². The Morgan fingerprint density at radius 2 is 2.13 bits per heavy atom. The van der Waals surface area contributed by atoms with E-state index in [2.05, 4.69) is 46.3 Å². The highest BCUT2D eigenvalue weighted by Gasteiger charge is 2.66. The molecule has 30 heavy (non-hydrogen) atoms. The topological polar surface area (TPSA) is 65.5 Å². The van der Waals surface area contributed by atoms with E-state index < -0.39 is 0 Å². The van der Waals surface area contributed by atoms with Crippen LogP contribution in [-0.2, 0) is 11.3 Å². The summed E-state index contributed by atoms with van der Waals surface area (Å²) in [6.45, 7) is 4.48. The number of ether oxygens (including phenoxy) is 1. The molecule has 2 saturated carbocycles.